The monoisotopic (exact) mass is 282 g/mol. The topological polar surface area (TPSA) is 25.8 Å². The van der Waals surface area contributed by atoms with E-state index in [1.807, 2.05) is 0 Å². The number of hydrogen-bond donors (Lipinski definition) is 1. The number of halogens is 1. The molecule has 2 aliphatic rings. The van der Waals surface area contributed by atoms with Gasteiger partial charge in [-0.3, -0.25) is 0 Å². The molecule has 2 nitrogen and oxygen atoms in total. The van der Waals surface area contributed by atoms with Crippen molar-refractivity contribution in [2.75, 3.05) is 13.1 Å². The van der Waals surface area contributed by atoms with Gasteiger partial charge >= 0.3 is 0 Å². The van der Waals surface area contributed by atoms with Gasteiger partial charge < -0.3 is 10.1 Å². The lowest BCUT2D eigenvalue weighted by Crippen LogP contribution is -2.88. The second kappa shape index (κ2) is 4.04. The Hall–Kier alpha value is -0.540. The van der Waals surface area contributed by atoms with E-state index in [2.05, 4.69) is 39.4 Å². The number of nitrogens with two attached hydrogens (primary N) is 1. The van der Waals surface area contributed by atoms with Gasteiger partial charge in [0, 0.05) is 22.9 Å². The molecule has 0 saturated carbocycles. The van der Waals surface area contributed by atoms with Crippen LogP contribution in [0.3, 0.4) is 0 Å². The highest BCUT2D eigenvalue weighted by molar-refractivity contribution is 9.10. The van der Waals surface area contributed by atoms with Crippen LogP contribution in [0.4, 0.5) is 0 Å². The number of hydrogen-bond acceptors (Lipinski definition) is 1. The molecule has 1 aromatic carbocycles. The summed E-state index contributed by atoms with van der Waals surface area (Å²) < 4.78 is 7.49. The third kappa shape index (κ3) is 1.76. The van der Waals surface area contributed by atoms with Gasteiger partial charge in [0.25, 0.3) is 0 Å². The highest BCUT2D eigenvalue weighted by atomic mass is 79.9. The molecule has 0 radical (unpaired) electrons. The fourth-order valence-electron chi connectivity index (χ4n) is 2.87. The minimum Gasteiger partial charge on any atom is -0.486 e. The fourth-order valence-corrected chi connectivity index (χ4v) is 3.41. The van der Waals surface area contributed by atoms with Gasteiger partial charge in [-0.15, -0.1) is 0 Å². The van der Waals surface area contributed by atoms with Crippen molar-refractivity contribution in [1.82, 2.24) is 0 Å². The largest absolute Gasteiger partial charge is 0.486 e. The molecule has 2 aliphatic heterocycles. The average molecular weight is 283 g/mol. The maximum Gasteiger partial charge on any atom is 0.124 e. The van der Waals surface area contributed by atoms with Crippen LogP contribution in [-0.2, 0) is 6.42 Å². The fraction of sp³-hybridized carbons (Fsp3) is 0.538. The van der Waals surface area contributed by atoms with Crippen LogP contribution < -0.4 is 10.1 Å². The molecule has 0 aliphatic carbocycles. The predicted octanol–water partition coefficient (Wildman–Crippen LogP) is 1.87. The van der Waals surface area contributed by atoms with Crippen molar-refractivity contribution in [2.45, 2.75) is 31.3 Å². The van der Waals surface area contributed by atoms with Crippen LogP contribution in [0.5, 0.6) is 5.75 Å². The molecule has 0 aromatic heterocycles. The Morgan fingerprint density at radius 3 is 2.81 bits per heavy atom. The molecule has 1 fully saturated rings. The zero-order chi connectivity index (χ0) is 11.0. The molecule has 16 heavy (non-hydrogen) atoms. The first-order valence-electron chi connectivity index (χ1n) is 6.07. The minimum atomic E-state index is 0.141. The van der Waals surface area contributed by atoms with E-state index in [1.165, 1.54) is 42.4 Å². The lowest BCUT2D eigenvalue weighted by Gasteiger charge is -2.40. The van der Waals surface area contributed by atoms with Crippen LogP contribution in [-0.4, -0.2) is 18.7 Å². The number of benzene rings is 1. The normalized spacial score (nSPS) is 22.6. The number of ether oxygens (including phenoxy) is 1. The minimum absolute atomic E-state index is 0.141. The lowest BCUT2D eigenvalue weighted by atomic mass is 9.84. The van der Waals surface area contributed by atoms with Crippen molar-refractivity contribution >= 4 is 15.9 Å². The van der Waals surface area contributed by atoms with Crippen molar-refractivity contribution in [3.8, 4) is 5.75 Å². The molecular formula is C13H17BrNO+. The summed E-state index contributed by atoms with van der Waals surface area (Å²) in [4.78, 5) is 0. The zero-order valence-electron chi connectivity index (χ0n) is 9.34. The second-order valence-corrected chi connectivity index (χ2v) is 5.72. The summed E-state index contributed by atoms with van der Waals surface area (Å²) in [6.07, 6.45) is 4.71. The van der Waals surface area contributed by atoms with Crippen LogP contribution in [0.25, 0.3) is 0 Å². The van der Waals surface area contributed by atoms with E-state index >= 15 is 0 Å². The number of rotatable bonds is 0. The van der Waals surface area contributed by atoms with Gasteiger partial charge in [-0.25, -0.2) is 0 Å². The van der Waals surface area contributed by atoms with Crippen LogP contribution in [0, 0.1) is 0 Å². The Morgan fingerprint density at radius 1 is 1.19 bits per heavy atom. The van der Waals surface area contributed by atoms with Crippen LogP contribution in [0.15, 0.2) is 22.7 Å². The van der Waals surface area contributed by atoms with Gasteiger partial charge in [0.1, 0.15) is 11.4 Å². The Kier molecular flexibility index (Phi) is 2.68. The zero-order valence-corrected chi connectivity index (χ0v) is 10.9. The van der Waals surface area contributed by atoms with Crippen LogP contribution in [0.2, 0.25) is 0 Å². The van der Waals surface area contributed by atoms with Gasteiger partial charge in [0.2, 0.25) is 0 Å². The molecule has 3 rings (SSSR count). The Labute approximate surface area is 105 Å². The first kappa shape index (κ1) is 10.6. The van der Waals surface area contributed by atoms with E-state index in [9.17, 15) is 0 Å². The standard InChI is InChI=1S/C13H16BrNO/c14-11-2-1-3-12-10(11)4-5-13(16-12)6-8-15-9-7-13/h1-3,15H,4-9H2/p+1. The quantitative estimate of drug-likeness (QED) is 0.773. The molecule has 0 amide bonds. The number of quaternary nitrogens is 1. The number of piperidine rings is 1. The molecule has 0 bridgehead atoms. The summed E-state index contributed by atoms with van der Waals surface area (Å²) >= 11 is 3.61. The molecule has 3 heteroatoms. The van der Waals surface area contributed by atoms with E-state index in [4.69, 9.17) is 4.74 Å². The van der Waals surface area contributed by atoms with E-state index < -0.39 is 0 Å². The SMILES string of the molecule is Brc1cccc2c1CCC1(CC[NH2+]CC1)O2. The molecule has 1 aromatic rings. The van der Waals surface area contributed by atoms with Gasteiger partial charge in [-0.2, -0.15) is 0 Å². The first-order chi connectivity index (χ1) is 7.79. The van der Waals surface area contributed by atoms with E-state index in [0.717, 1.165) is 12.2 Å². The summed E-state index contributed by atoms with van der Waals surface area (Å²) in [5.74, 6) is 1.10. The van der Waals surface area contributed by atoms with Gasteiger partial charge in [-0.1, -0.05) is 22.0 Å². The molecule has 1 spiro atoms. The summed E-state index contributed by atoms with van der Waals surface area (Å²) in [5.41, 5.74) is 1.49. The van der Waals surface area contributed by atoms with Crippen LogP contribution in [0.1, 0.15) is 24.8 Å². The third-order valence-electron chi connectivity index (χ3n) is 3.84. The summed E-state index contributed by atoms with van der Waals surface area (Å²) in [6.45, 7) is 2.42. The van der Waals surface area contributed by atoms with Gasteiger partial charge in [0.05, 0.1) is 13.1 Å². The highest BCUT2D eigenvalue weighted by Crippen LogP contribution is 2.40. The Bertz CT molecular complexity index is 399. The van der Waals surface area contributed by atoms with E-state index in [1.54, 1.807) is 0 Å². The van der Waals surface area contributed by atoms with Crippen molar-refractivity contribution in [1.29, 1.82) is 0 Å². The Balaban J connectivity index is 1.91. The maximum absolute atomic E-state index is 6.29. The van der Waals surface area contributed by atoms with Gasteiger partial charge in [0.15, 0.2) is 0 Å². The highest BCUT2D eigenvalue weighted by Gasteiger charge is 2.39. The first-order valence-corrected chi connectivity index (χ1v) is 6.86. The number of fused-ring (bicyclic) bond motifs is 1. The summed E-state index contributed by atoms with van der Waals surface area (Å²) in [5, 5.41) is 2.39. The molecule has 1 saturated heterocycles. The third-order valence-corrected chi connectivity index (χ3v) is 4.58. The van der Waals surface area contributed by atoms with Crippen molar-refractivity contribution in [2.24, 2.45) is 0 Å². The van der Waals surface area contributed by atoms with Crippen molar-refractivity contribution in [3.63, 3.8) is 0 Å². The lowest BCUT2D eigenvalue weighted by molar-refractivity contribution is -0.667. The van der Waals surface area contributed by atoms with Gasteiger partial charge in [-0.05, 0) is 25.0 Å². The molecule has 2 heterocycles. The summed E-state index contributed by atoms with van der Waals surface area (Å²) in [6, 6.07) is 6.28. The molecular weight excluding hydrogens is 266 g/mol. The van der Waals surface area contributed by atoms with Crippen LogP contribution >= 0.6 is 15.9 Å². The van der Waals surface area contributed by atoms with Crippen molar-refractivity contribution < 1.29 is 10.1 Å². The predicted molar refractivity (Wildman–Crippen MR) is 66.7 cm³/mol. The smallest absolute Gasteiger partial charge is 0.124 e. The molecule has 0 unspecified atom stereocenters. The maximum atomic E-state index is 6.29. The van der Waals surface area contributed by atoms with Crippen molar-refractivity contribution in [3.05, 3.63) is 28.2 Å². The average Bonchev–Trinajstić information content (AvgIpc) is 2.30. The Morgan fingerprint density at radius 2 is 2.00 bits per heavy atom. The summed E-state index contributed by atoms with van der Waals surface area (Å²) in [7, 11) is 0. The van der Waals surface area contributed by atoms with E-state index in [0.29, 0.717) is 0 Å². The second-order valence-electron chi connectivity index (χ2n) is 4.87. The molecule has 86 valence electrons. The van der Waals surface area contributed by atoms with E-state index in [-0.39, 0.29) is 5.60 Å². The molecule has 2 N–H and O–H groups in total. The molecule has 0 atom stereocenters.